The van der Waals surface area contributed by atoms with Crippen LogP contribution in [-0.4, -0.2) is 29.7 Å². The van der Waals surface area contributed by atoms with Crippen LogP contribution >= 0.6 is 24.4 Å². The van der Waals surface area contributed by atoms with Gasteiger partial charge in [0.1, 0.15) is 11.0 Å². The molecule has 0 unspecified atom stereocenters. The van der Waals surface area contributed by atoms with Gasteiger partial charge >= 0.3 is 0 Å². The molecule has 0 aliphatic carbocycles. The molecule has 0 heterocycles. The van der Waals surface area contributed by atoms with Crippen LogP contribution in [0.4, 0.5) is 0 Å². The number of nitrogens with zero attached hydrogens (tertiary/aromatic N) is 1. The Hall–Kier alpha value is -0.220. The molecule has 0 atom stereocenters. The van der Waals surface area contributed by atoms with E-state index in [4.69, 9.17) is 0 Å². The van der Waals surface area contributed by atoms with Gasteiger partial charge in [0.15, 0.2) is 6.73 Å². The molecule has 0 fully saturated rings. The zero-order valence-corrected chi connectivity index (χ0v) is 6.09. The third kappa shape index (κ3) is 3.95. The Balaban J connectivity index is 3.09. The summed E-state index contributed by atoms with van der Waals surface area (Å²) in [6.45, 7) is 0.382. The van der Waals surface area contributed by atoms with Crippen LogP contribution in [-0.2, 0) is 4.74 Å². The molecule has 2 nitrogen and oxygen atoms in total. The third-order valence-electron chi connectivity index (χ3n) is 0.492. The largest absolute Gasteiger partial charge is 0.469 e. The summed E-state index contributed by atoms with van der Waals surface area (Å²) in [6, 6.07) is 0. The van der Waals surface area contributed by atoms with Crippen molar-refractivity contribution in [3.63, 3.8) is 0 Å². The van der Waals surface area contributed by atoms with Crippen LogP contribution in [0.1, 0.15) is 0 Å². The Bertz CT molecular complexity index is 86.1. The minimum atomic E-state index is 0.382. The van der Waals surface area contributed by atoms with Gasteiger partial charge in [-0.3, -0.25) is 0 Å². The van der Waals surface area contributed by atoms with Gasteiger partial charge in [0, 0.05) is 7.05 Å². The van der Waals surface area contributed by atoms with E-state index in [1.54, 1.807) is 11.9 Å². The summed E-state index contributed by atoms with van der Waals surface area (Å²) in [5, 5.41) is 0. The van der Waals surface area contributed by atoms with E-state index in [-0.39, 0.29) is 0 Å². The first kappa shape index (κ1) is 7.78. The van der Waals surface area contributed by atoms with Crippen LogP contribution in [0.2, 0.25) is 0 Å². The lowest BCUT2D eigenvalue weighted by Gasteiger charge is -2.07. The van der Waals surface area contributed by atoms with Crippen LogP contribution in [0.25, 0.3) is 0 Å². The van der Waals surface area contributed by atoms with Gasteiger partial charge in [0.05, 0.1) is 0 Å². The van der Waals surface area contributed by atoms with Crippen molar-refractivity contribution >= 4 is 35.5 Å². The van der Waals surface area contributed by atoms with Crippen molar-refractivity contribution in [3.05, 3.63) is 0 Å². The predicted molar refractivity (Wildman–Crippen MR) is 40.0 cm³/mol. The van der Waals surface area contributed by atoms with Crippen molar-refractivity contribution in [3.8, 4) is 0 Å². The summed E-state index contributed by atoms with van der Waals surface area (Å²) in [7, 11) is 1.76. The average Bonchev–Trinajstić information content (AvgIpc) is 1.83. The monoisotopic (exact) mass is 148 g/mol. The van der Waals surface area contributed by atoms with Gasteiger partial charge in [-0.15, -0.1) is 0 Å². The maximum Gasteiger partial charge on any atom is 0.162 e. The molecule has 0 aromatic rings. The highest BCUT2D eigenvalue weighted by molar-refractivity contribution is 7.79. The van der Waals surface area contributed by atoms with Crippen LogP contribution < -0.4 is 0 Å². The van der Waals surface area contributed by atoms with Crippen molar-refractivity contribution in [2.24, 2.45) is 0 Å². The lowest BCUT2D eigenvalue weighted by molar-refractivity contribution is 0.224. The number of ether oxygens (including phenoxy) is 1. The Kier molecular flexibility index (Phi) is 4.79. The van der Waals surface area contributed by atoms with Gasteiger partial charge in [-0.2, -0.15) is 0 Å². The van der Waals surface area contributed by atoms with Gasteiger partial charge in [-0.25, -0.2) is 0 Å². The molecule has 0 aliphatic rings. The fourth-order valence-corrected chi connectivity index (χ4v) is 0.282. The molecule has 0 N–H and O–H groups in total. The van der Waals surface area contributed by atoms with Crippen LogP contribution in [0, 0.1) is 0 Å². The van der Waals surface area contributed by atoms with Gasteiger partial charge in [-0.05, 0) is 12.2 Å². The van der Waals surface area contributed by atoms with E-state index in [2.05, 4.69) is 34.7 Å². The van der Waals surface area contributed by atoms with E-state index in [0.29, 0.717) is 6.73 Å². The molecule has 8 heavy (non-hydrogen) atoms. The fourth-order valence-electron chi connectivity index (χ4n) is 0.169. The molecule has 0 rings (SSSR count). The fraction of sp³-hybridized carbons (Fsp3) is 0.500. The zero-order valence-electron chi connectivity index (χ0n) is 4.46. The Labute approximate surface area is 59.4 Å². The first-order valence-corrected chi connectivity index (χ1v) is 2.83. The molecule has 4 heteroatoms. The second kappa shape index (κ2) is 4.93. The van der Waals surface area contributed by atoms with Crippen molar-refractivity contribution in [1.82, 2.24) is 4.90 Å². The first-order chi connectivity index (χ1) is 3.81. The average molecular weight is 148 g/mol. The zero-order chi connectivity index (χ0) is 6.41. The van der Waals surface area contributed by atoms with Crippen molar-refractivity contribution in [2.75, 3.05) is 13.8 Å². The van der Waals surface area contributed by atoms with E-state index in [9.17, 15) is 0 Å². The summed E-state index contributed by atoms with van der Waals surface area (Å²) in [4.78, 5) is 1.58. The molecule has 0 amide bonds. The molecular formula is C4H6NOS2. The van der Waals surface area contributed by atoms with Crippen molar-refractivity contribution in [2.45, 2.75) is 0 Å². The highest BCUT2D eigenvalue weighted by Crippen LogP contribution is 1.75. The van der Waals surface area contributed by atoms with Gasteiger partial charge in [-0.1, -0.05) is 12.2 Å². The van der Waals surface area contributed by atoms with Crippen LogP contribution in [0.5, 0.6) is 0 Å². The highest BCUT2D eigenvalue weighted by Gasteiger charge is 1.85. The summed E-state index contributed by atoms with van der Waals surface area (Å²) >= 11 is 8.82. The molecule has 0 saturated heterocycles. The van der Waals surface area contributed by atoms with Crippen LogP contribution in [0.15, 0.2) is 0 Å². The van der Waals surface area contributed by atoms with Gasteiger partial charge < -0.3 is 9.64 Å². The maximum absolute atomic E-state index is 4.67. The number of hydrogen-bond acceptors (Lipinski definition) is 3. The molecule has 0 bridgehead atoms. The smallest absolute Gasteiger partial charge is 0.162 e. The van der Waals surface area contributed by atoms with E-state index in [1.807, 2.05) is 0 Å². The third-order valence-corrected chi connectivity index (χ3v) is 0.940. The molecule has 45 valence electrons. The topological polar surface area (TPSA) is 12.5 Å². The molecule has 0 aliphatic heterocycles. The minimum Gasteiger partial charge on any atom is -0.469 e. The van der Waals surface area contributed by atoms with E-state index in [1.165, 1.54) is 5.55 Å². The summed E-state index contributed by atoms with van der Waals surface area (Å²) in [5.74, 6) is 0. The second-order valence-electron chi connectivity index (χ2n) is 1.18. The van der Waals surface area contributed by atoms with Crippen molar-refractivity contribution in [1.29, 1.82) is 0 Å². The number of hydrogen-bond donors (Lipinski definition) is 0. The Morgan fingerprint density at radius 1 is 1.88 bits per heavy atom. The Morgan fingerprint density at radius 3 is 2.88 bits per heavy atom. The van der Waals surface area contributed by atoms with E-state index < -0.39 is 0 Å². The number of thiocarbonyl (C=S) groups is 2. The minimum absolute atomic E-state index is 0.382. The molecule has 0 saturated carbocycles. The number of rotatable bonds is 4. The van der Waals surface area contributed by atoms with Crippen molar-refractivity contribution < 1.29 is 4.74 Å². The van der Waals surface area contributed by atoms with Gasteiger partial charge in [0.2, 0.25) is 0 Å². The Morgan fingerprint density at radius 2 is 2.50 bits per heavy atom. The van der Waals surface area contributed by atoms with Gasteiger partial charge in [0.25, 0.3) is 0 Å². The summed E-state index contributed by atoms with van der Waals surface area (Å²) < 4.78 is 4.67. The SMILES string of the molecule is CN([C]=S)COC=S. The van der Waals surface area contributed by atoms with E-state index in [0.717, 1.165) is 0 Å². The normalized spacial score (nSPS) is 7.62. The molecule has 1 radical (unpaired) electrons. The lowest BCUT2D eigenvalue weighted by atomic mass is 10.9. The maximum atomic E-state index is 4.67. The predicted octanol–water partition coefficient (Wildman–Crippen LogP) is 0.684. The molecule has 0 aromatic carbocycles. The second-order valence-corrected chi connectivity index (χ2v) is 1.56. The lowest BCUT2D eigenvalue weighted by Crippen LogP contribution is -2.17. The summed E-state index contributed by atoms with van der Waals surface area (Å²) in [5.41, 5.74) is 3.62. The van der Waals surface area contributed by atoms with E-state index >= 15 is 0 Å². The first-order valence-electron chi connectivity index (χ1n) is 1.95. The highest BCUT2D eigenvalue weighted by atomic mass is 32.1. The molecular weight excluding hydrogens is 142 g/mol. The standard InChI is InChI=1S/C4H6NOS2/c1-5(3-7)2-6-4-8/h4H,2H2,1H3. The molecule has 0 spiro atoms. The summed E-state index contributed by atoms with van der Waals surface area (Å²) in [6.07, 6.45) is 0. The quantitative estimate of drug-likeness (QED) is 0.330. The molecule has 0 aromatic heterocycles. The van der Waals surface area contributed by atoms with Crippen LogP contribution in [0.3, 0.4) is 0 Å².